The minimum Gasteiger partial charge on any atom is -0.468 e. The van der Waals surface area contributed by atoms with Crippen LogP contribution in [0.3, 0.4) is 0 Å². The summed E-state index contributed by atoms with van der Waals surface area (Å²) in [6, 6.07) is 14.0. The monoisotopic (exact) mass is 390 g/mol. The van der Waals surface area contributed by atoms with Crippen molar-refractivity contribution in [1.29, 1.82) is 0 Å². The van der Waals surface area contributed by atoms with Crippen molar-refractivity contribution < 1.29 is 4.42 Å². The average molecular weight is 390 g/mol. The van der Waals surface area contributed by atoms with Gasteiger partial charge < -0.3 is 14.3 Å². The third kappa shape index (κ3) is 3.91. The Hall–Kier alpha value is -2.70. The first kappa shape index (κ1) is 18.3. The van der Waals surface area contributed by atoms with Crippen LogP contribution in [0.2, 0.25) is 0 Å². The fourth-order valence-electron chi connectivity index (χ4n) is 4.71. The molecular weight excluding hydrogens is 364 g/mol. The molecule has 0 spiro atoms. The van der Waals surface area contributed by atoms with Gasteiger partial charge in [0.25, 0.3) is 5.56 Å². The molecule has 0 aromatic carbocycles. The number of pyridine rings is 2. The summed E-state index contributed by atoms with van der Waals surface area (Å²) in [4.78, 5) is 20.0. The molecule has 0 unspecified atom stereocenters. The zero-order valence-electron chi connectivity index (χ0n) is 16.5. The normalized spacial score (nSPS) is 20.6. The van der Waals surface area contributed by atoms with Gasteiger partial charge in [0.1, 0.15) is 5.76 Å². The van der Waals surface area contributed by atoms with Crippen LogP contribution in [0.4, 0.5) is 0 Å². The van der Waals surface area contributed by atoms with E-state index in [2.05, 4.69) is 21.3 Å². The quantitative estimate of drug-likeness (QED) is 0.701. The Balaban J connectivity index is 1.42. The molecule has 0 radical (unpaired) electrons. The molecular formula is C23H26N4O2. The Bertz CT molecular complexity index is 1010. The van der Waals surface area contributed by atoms with E-state index in [0.717, 1.165) is 36.7 Å². The molecule has 2 aliphatic heterocycles. The number of fused-ring (bicyclic) bond motifs is 4. The van der Waals surface area contributed by atoms with Crippen molar-refractivity contribution >= 4 is 0 Å². The lowest BCUT2D eigenvalue weighted by Crippen LogP contribution is -2.45. The molecule has 5 rings (SSSR count). The molecule has 1 saturated heterocycles. The van der Waals surface area contributed by atoms with Gasteiger partial charge >= 0.3 is 0 Å². The van der Waals surface area contributed by atoms with E-state index in [1.807, 2.05) is 41.0 Å². The molecule has 3 aromatic heterocycles. The van der Waals surface area contributed by atoms with Crippen molar-refractivity contribution in [2.75, 3.05) is 13.1 Å². The summed E-state index contributed by atoms with van der Waals surface area (Å²) in [5.41, 5.74) is 3.16. The second kappa shape index (κ2) is 7.97. The van der Waals surface area contributed by atoms with Crippen LogP contribution in [0.5, 0.6) is 0 Å². The van der Waals surface area contributed by atoms with E-state index in [9.17, 15) is 4.79 Å². The molecule has 1 N–H and O–H groups in total. The summed E-state index contributed by atoms with van der Waals surface area (Å²) in [5.74, 6) is 1.90. The summed E-state index contributed by atoms with van der Waals surface area (Å²) in [5, 5.41) is 3.51. The average Bonchev–Trinajstić information content (AvgIpc) is 3.24. The van der Waals surface area contributed by atoms with Gasteiger partial charge in [-0.05, 0) is 49.2 Å². The molecule has 3 aromatic rings. The van der Waals surface area contributed by atoms with Gasteiger partial charge in [-0.25, -0.2) is 0 Å². The van der Waals surface area contributed by atoms with E-state index in [0.29, 0.717) is 31.5 Å². The third-order valence-corrected chi connectivity index (χ3v) is 6.05. The van der Waals surface area contributed by atoms with Gasteiger partial charge in [-0.2, -0.15) is 0 Å². The van der Waals surface area contributed by atoms with Crippen LogP contribution in [-0.4, -0.2) is 27.5 Å². The Morgan fingerprint density at radius 1 is 1.10 bits per heavy atom. The van der Waals surface area contributed by atoms with E-state index in [4.69, 9.17) is 4.42 Å². The molecule has 2 atom stereocenters. The SMILES string of the molecule is O=c1c(CN(Cc2ccccn2)Cc2ccco2)ccc2n1C[C@@H]1CNC[C@H]2C1. The van der Waals surface area contributed by atoms with Crippen molar-refractivity contribution in [2.24, 2.45) is 5.92 Å². The predicted molar refractivity (Wildman–Crippen MR) is 110 cm³/mol. The van der Waals surface area contributed by atoms with Crippen LogP contribution in [0.15, 0.2) is 64.1 Å². The number of rotatable bonds is 6. The van der Waals surface area contributed by atoms with Gasteiger partial charge in [-0.15, -0.1) is 0 Å². The number of hydrogen-bond donors (Lipinski definition) is 1. The molecule has 6 nitrogen and oxygen atoms in total. The first-order valence-electron chi connectivity index (χ1n) is 10.3. The summed E-state index contributed by atoms with van der Waals surface area (Å²) < 4.78 is 7.59. The number of nitrogens with one attached hydrogen (secondary N) is 1. The van der Waals surface area contributed by atoms with Gasteiger partial charge in [-0.1, -0.05) is 12.1 Å². The Kier molecular flexibility index (Phi) is 5.04. The third-order valence-electron chi connectivity index (χ3n) is 6.05. The highest BCUT2D eigenvalue weighted by atomic mass is 16.3. The highest BCUT2D eigenvalue weighted by molar-refractivity contribution is 5.22. The van der Waals surface area contributed by atoms with Crippen molar-refractivity contribution in [1.82, 2.24) is 19.8 Å². The van der Waals surface area contributed by atoms with E-state index in [-0.39, 0.29) is 5.56 Å². The van der Waals surface area contributed by atoms with Crippen molar-refractivity contribution in [2.45, 2.75) is 38.5 Å². The number of furan rings is 1. The van der Waals surface area contributed by atoms with Gasteiger partial charge in [0, 0.05) is 49.6 Å². The maximum absolute atomic E-state index is 13.3. The van der Waals surface area contributed by atoms with Crippen LogP contribution in [-0.2, 0) is 26.2 Å². The second-order valence-corrected chi connectivity index (χ2v) is 8.20. The standard InChI is InChI=1S/C23H26N4O2/c28-23-18(6-7-22-19-10-17(11-24-12-19)13-27(22)23)14-26(16-21-5-3-9-29-21)15-20-4-1-2-8-25-20/h1-9,17,19,24H,10-16H2/t17-,19+/m0/s1. The molecule has 1 fully saturated rings. The molecule has 2 bridgehead atoms. The van der Waals surface area contributed by atoms with E-state index >= 15 is 0 Å². The first-order chi connectivity index (χ1) is 14.3. The van der Waals surface area contributed by atoms with Crippen LogP contribution in [0, 0.1) is 5.92 Å². The number of aromatic nitrogens is 2. The molecule has 150 valence electrons. The molecule has 6 heteroatoms. The Morgan fingerprint density at radius 3 is 2.90 bits per heavy atom. The zero-order chi connectivity index (χ0) is 19.6. The minimum atomic E-state index is 0.157. The van der Waals surface area contributed by atoms with Crippen LogP contribution in [0.1, 0.15) is 35.1 Å². The fourth-order valence-corrected chi connectivity index (χ4v) is 4.71. The highest BCUT2D eigenvalue weighted by Crippen LogP contribution is 2.31. The largest absolute Gasteiger partial charge is 0.468 e. The van der Waals surface area contributed by atoms with Crippen LogP contribution < -0.4 is 10.9 Å². The topological polar surface area (TPSA) is 63.3 Å². The second-order valence-electron chi connectivity index (χ2n) is 8.20. The van der Waals surface area contributed by atoms with Crippen molar-refractivity contribution in [3.05, 3.63) is 88.0 Å². The number of hydrogen-bond acceptors (Lipinski definition) is 5. The van der Waals surface area contributed by atoms with Crippen LogP contribution in [0.25, 0.3) is 0 Å². The van der Waals surface area contributed by atoms with E-state index < -0.39 is 0 Å². The van der Waals surface area contributed by atoms with Gasteiger partial charge in [0.2, 0.25) is 0 Å². The molecule has 0 amide bonds. The summed E-state index contributed by atoms with van der Waals surface area (Å²) in [7, 11) is 0. The first-order valence-corrected chi connectivity index (χ1v) is 10.3. The lowest BCUT2D eigenvalue weighted by atomic mass is 9.84. The fraction of sp³-hybridized carbons (Fsp3) is 0.391. The Labute approximate surface area is 170 Å². The summed E-state index contributed by atoms with van der Waals surface area (Å²) in [6.45, 7) is 4.68. The van der Waals surface area contributed by atoms with Gasteiger partial charge in [0.15, 0.2) is 0 Å². The van der Waals surface area contributed by atoms with E-state index in [1.54, 1.807) is 12.5 Å². The van der Waals surface area contributed by atoms with Crippen molar-refractivity contribution in [3.8, 4) is 0 Å². The number of piperidine rings is 1. The highest BCUT2D eigenvalue weighted by Gasteiger charge is 2.31. The Morgan fingerprint density at radius 2 is 2.07 bits per heavy atom. The van der Waals surface area contributed by atoms with Gasteiger partial charge in [-0.3, -0.25) is 14.7 Å². The predicted octanol–water partition coefficient (Wildman–Crippen LogP) is 2.75. The maximum Gasteiger partial charge on any atom is 0.255 e. The number of nitrogens with zero attached hydrogens (tertiary/aromatic N) is 3. The molecule has 5 heterocycles. The molecule has 0 aliphatic carbocycles. The molecule has 29 heavy (non-hydrogen) atoms. The molecule has 0 saturated carbocycles. The lowest BCUT2D eigenvalue weighted by Gasteiger charge is -2.37. The smallest absolute Gasteiger partial charge is 0.255 e. The van der Waals surface area contributed by atoms with Crippen molar-refractivity contribution in [3.63, 3.8) is 0 Å². The summed E-state index contributed by atoms with van der Waals surface area (Å²) in [6.07, 6.45) is 4.69. The van der Waals surface area contributed by atoms with E-state index in [1.165, 1.54) is 12.1 Å². The van der Waals surface area contributed by atoms with Gasteiger partial charge in [0.05, 0.1) is 18.5 Å². The maximum atomic E-state index is 13.3. The lowest BCUT2D eigenvalue weighted by molar-refractivity contribution is 0.220. The van der Waals surface area contributed by atoms with Crippen LogP contribution >= 0.6 is 0 Å². The minimum absolute atomic E-state index is 0.157. The summed E-state index contributed by atoms with van der Waals surface area (Å²) >= 11 is 0. The molecule has 2 aliphatic rings. The zero-order valence-corrected chi connectivity index (χ0v) is 16.5.